The molecule has 0 unspecified atom stereocenters. The first kappa shape index (κ1) is 32.1. The number of aliphatic hydroxyl groups is 1. The molecule has 2 aromatic carbocycles. The summed E-state index contributed by atoms with van der Waals surface area (Å²) >= 11 is 14.1. The van der Waals surface area contributed by atoms with Gasteiger partial charge >= 0.3 is 0 Å². The first-order chi connectivity index (χ1) is 21.7. The molecule has 1 aromatic heterocycles. The van der Waals surface area contributed by atoms with Gasteiger partial charge in [0.1, 0.15) is 19.0 Å². The van der Waals surface area contributed by atoms with Crippen LogP contribution in [0.4, 0.5) is 0 Å². The van der Waals surface area contributed by atoms with Crippen molar-refractivity contribution in [3.63, 3.8) is 0 Å². The molecule has 1 saturated carbocycles. The van der Waals surface area contributed by atoms with Crippen LogP contribution in [0.15, 0.2) is 42.1 Å². The molecule has 3 N–H and O–H groups in total. The number of carbonyl (C=O) groups excluding carboxylic acids is 1. The highest BCUT2D eigenvalue weighted by Crippen LogP contribution is 2.40. The van der Waals surface area contributed by atoms with Gasteiger partial charge in [0.05, 0.1) is 34.2 Å². The number of amides is 1. The number of carbonyl (C=O) groups is 1. The molecule has 1 aliphatic carbocycles. The van der Waals surface area contributed by atoms with Crippen molar-refractivity contribution in [1.29, 1.82) is 0 Å². The molecule has 3 atom stereocenters. The maximum absolute atomic E-state index is 14.5. The summed E-state index contributed by atoms with van der Waals surface area (Å²) in [5.41, 5.74) is 4.63. The van der Waals surface area contributed by atoms with Gasteiger partial charge in [-0.15, -0.1) is 0 Å². The Morgan fingerprint density at radius 1 is 1.18 bits per heavy atom. The van der Waals surface area contributed by atoms with Crippen LogP contribution in [0, 0.1) is 6.92 Å². The first-order valence-corrected chi connectivity index (χ1v) is 16.8. The van der Waals surface area contributed by atoms with Crippen molar-refractivity contribution in [1.82, 2.24) is 20.5 Å². The van der Waals surface area contributed by atoms with Crippen molar-refractivity contribution < 1.29 is 24.1 Å². The van der Waals surface area contributed by atoms with E-state index in [-0.39, 0.29) is 37.2 Å². The number of nitrogens with one attached hydrogen (secondary N) is 2. The maximum Gasteiger partial charge on any atom is 0.273 e. The van der Waals surface area contributed by atoms with Gasteiger partial charge in [0.2, 0.25) is 0 Å². The van der Waals surface area contributed by atoms with E-state index in [1.54, 1.807) is 26.2 Å². The van der Waals surface area contributed by atoms with Crippen LogP contribution in [-0.4, -0.2) is 72.4 Å². The fourth-order valence-corrected chi connectivity index (χ4v) is 7.51. The van der Waals surface area contributed by atoms with E-state index in [1.807, 2.05) is 30.2 Å². The molecular formula is C33H38Cl2N4O5S. The minimum atomic E-state index is -0.688. The van der Waals surface area contributed by atoms with Crippen LogP contribution < -0.4 is 24.8 Å². The molecule has 12 heteroatoms. The number of thiazole rings is 1. The zero-order chi connectivity index (χ0) is 31.7. The molecule has 2 bridgehead atoms. The highest BCUT2D eigenvalue weighted by atomic mass is 35.5. The number of methoxy groups -OCH3 is 1. The zero-order valence-corrected chi connectivity index (χ0v) is 27.9. The van der Waals surface area contributed by atoms with E-state index in [2.05, 4.69) is 21.7 Å². The van der Waals surface area contributed by atoms with Crippen LogP contribution in [0.3, 0.4) is 0 Å². The maximum atomic E-state index is 14.5. The van der Waals surface area contributed by atoms with Crippen molar-refractivity contribution >= 4 is 46.0 Å². The average molecular weight is 674 g/mol. The largest absolute Gasteiger partial charge is 0.496 e. The Balaban J connectivity index is 1.19. The third-order valence-corrected chi connectivity index (χ3v) is 10.1. The zero-order valence-electron chi connectivity index (χ0n) is 25.6. The van der Waals surface area contributed by atoms with Gasteiger partial charge in [-0.2, -0.15) is 0 Å². The summed E-state index contributed by atoms with van der Waals surface area (Å²) in [6.07, 6.45) is 3.88. The second kappa shape index (κ2) is 13.9. The number of fused-ring (bicyclic) bond motifs is 2. The predicted molar refractivity (Wildman–Crippen MR) is 177 cm³/mol. The van der Waals surface area contributed by atoms with Crippen molar-refractivity contribution in [3.8, 4) is 16.7 Å². The average Bonchev–Trinajstić information content (AvgIpc) is 3.75. The molecular weight excluding hydrogens is 635 g/mol. The summed E-state index contributed by atoms with van der Waals surface area (Å²) in [4.78, 5) is 22.0. The lowest BCUT2D eigenvalue weighted by Gasteiger charge is -2.40. The molecule has 9 nitrogen and oxygen atoms in total. The molecule has 3 aliphatic rings. The molecule has 1 saturated heterocycles. The lowest BCUT2D eigenvalue weighted by Crippen LogP contribution is -2.59. The van der Waals surface area contributed by atoms with Gasteiger partial charge < -0.3 is 34.9 Å². The Hall–Kier alpha value is -2.86. The second-order valence-corrected chi connectivity index (χ2v) is 13.6. The Bertz CT molecular complexity index is 1570. The van der Waals surface area contributed by atoms with Crippen LogP contribution in [0.25, 0.3) is 5.57 Å². The van der Waals surface area contributed by atoms with E-state index in [1.165, 1.54) is 11.3 Å². The molecule has 2 aliphatic heterocycles. The topological polar surface area (TPSA) is 105 Å². The monoisotopic (exact) mass is 672 g/mol. The summed E-state index contributed by atoms with van der Waals surface area (Å²) in [5.74, 6) is 1.25. The van der Waals surface area contributed by atoms with Gasteiger partial charge in [0.15, 0.2) is 5.75 Å². The number of aromatic nitrogens is 1. The standard InChI is InChI=1S/C33H38Cl2N4O5S/c1-18-20(5-4-6-28(18)42-3)17-39(23-7-8-23)32(41)30-24(13-22-14-36-15-27(30)38-22)29-16-37-33(45-29)44-10-9-43-31-25(34)11-21(19(2)40)12-26(31)35/h4-6,11-12,16,19,22-23,27,36,38,40H,7-10,13-15,17H2,1-3H3/t19-,22+,27+/m0/s1. The summed E-state index contributed by atoms with van der Waals surface area (Å²) in [5, 5.41) is 18.2. The molecule has 0 spiro atoms. The Kier molecular flexibility index (Phi) is 9.89. The number of nitrogens with zero attached hydrogens (tertiary/aromatic N) is 2. The lowest BCUT2D eigenvalue weighted by molar-refractivity contribution is -0.128. The van der Waals surface area contributed by atoms with Crippen molar-refractivity contribution in [2.45, 2.75) is 63.9 Å². The van der Waals surface area contributed by atoms with Crippen LogP contribution >= 0.6 is 34.5 Å². The minimum Gasteiger partial charge on any atom is -0.496 e. The number of halogens is 2. The molecule has 2 fully saturated rings. The lowest BCUT2D eigenvalue weighted by atomic mass is 9.86. The predicted octanol–water partition coefficient (Wildman–Crippen LogP) is 5.56. The summed E-state index contributed by atoms with van der Waals surface area (Å²) in [6.45, 7) is 6.21. The molecule has 1 amide bonds. The third-order valence-electron chi connectivity index (χ3n) is 8.58. The Morgan fingerprint density at radius 2 is 1.93 bits per heavy atom. The highest BCUT2D eigenvalue weighted by Gasteiger charge is 2.41. The van der Waals surface area contributed by atoms with Gasteiger partial charge in [-0.1, -0.05) is 46.7 Å². The van der Waals surface area contributed by atoms with Crippen LogP contribution in [-0.2, 0) is 11.3 Å². The number of hydrogen-bond acceptors (Lipinski definition) is 9. The van der Waals surface area contributed by atoms with E-state index in [0.29, 0.717) is 39.6 Å². The van der Waals surface area contributed by atoms with Gasteiger partial charge in [0.25, 0.3) is 11.1 Å². The fraction of sp³-hybridized carbons (Fsp3) is 0.455. The van der Waals surface area contributed by atoms with Crippen LogP contribution in [0.5, 0.6) is 16.7 Å². The van der Waals surface area contributed by atoms with Gasteiger partial charge in [-0.25, -0.2) is 4.98 Å². The number of aliphatic hydroxyl groups excluding tert-OH is 1. The molecule has 3 aromatic rings. The number of benzene rings is 2. The normalized spacial score (nSPS) is 20.1. The van der Waals surface area contributed by atoms with E-state index >= 15 is 0 Å². The van der Waals surface area contributed by atoms with Crippen LogP contribution in [0.2, 0.25) is 10.0 Å². The van der Waals surface area contributed by atoms with Gasteiger partial charge in [-0.05, 0) is 73.6 Å². The number of rotatable bonds is 12. The third kappa shape index (κ3) is 7.11. The first-order valence-electron chi connectivity index (χ1n) is 15.3. The van der Waals surface area contributed by atoms with Crippen molar-refractivity contribution in [3.05, 3.63) is 73.7 Å². The molecule has 6 rings (SSSR count). The van der Waals surface area contributed by atoms with E-state index in [9.17, 15) is 9.90 Å². The van der Waals surface area contributed by atoms with Crippen LogP contribution in [0.1, 0.15) is 53.9 Å². The van der Waals surface area contributed by atoms with Gasteiger partial charge in [-0.3, -0.25) is 4.79 Å². The van der Waals surface area contributed by atoms with Crippen molar-refractivity contribution in [2.24, 2.45) is 0 Å². The summed E-state index contributed by atoms with van der Waals surface area (Å²) < 4.78 is 17.3. The number of ether oxygens (including phenoxy) is 3. The smallest absolute Gasteiger partial charge is 0.273 e. The molecule has 0 radical (unpaired) electrons. The quantitative estimate of drug-likeness (QED) is 0.215. The molecule has 240 valence electrons. The van der Waals surface area contributed by atoms with Crippen molar-refractivity contribution in [2.75, 3.05) is 33.4 Å². The Labute approximate surface area is 277 Å². The van der Waals surface area contributed by atoms with E-state index in [0.717, 1.165) is 58.7 Å². The molecule has 45 heavy (non-hydrogen) atoms. The minimum absolute atomic E-state index is 0.0778. The Morgan fingerprint density at radius 3 is 2.64 bits per heavy atom. The second-order valence-electron chi connectivity index (χ2n) is 11.8. The van der Waals surface area contributed by atoms with E-state index < -0.39 is 6.10 Å². The highest BCUT2D eigenvalue weighted by molar-refractivity contribution is 7.14. The number of hydrogen-bond donors (Lipinski definition) is 3. The molecule has 3 heterocycles. The SMILES string of the molecule is COc1cccc(CN(C(=O)C2=C(c3cnc(OCCOc4c(Cl)cc([C@H](C)O)cc4Cl)s3)C[C@@H]3CNC[C@H]2N3)C2CC2)c1C. The fourth-order valence-electron chi connectivity index (χ4n) is 6.04. The number of piperazine rings is 1. The summed E-state index contributed by atoms with van der Waals surface area (Å²) in [7, 11) is 1.68. The van der Waals surface area contributed by atoms with Gasteiger partial charge in [0, 0.05) is 43.5 Å². The van der Waals surface area contributed by atoms with E-state index in [4.69, 9.17) is 37.4 Å². The summed E-state index contributed by atoms with van der Waals surface area (Å²) in [6, 6.07) is 9.69.